The second-order valence-corrected chi connectivity index (χ2v) is 6.96. The Kier molecular flexibility index (Phi) is 6.91. The summed E-state index contributed by atoms with van der Waals surface area (Å²) in [6, 6.07) is 15.0. The van der Waals surface area contributed by atoms with Gasteiger partial charge in [0.05, 0.1) is 12.9 Å². The van der Waals surface area contributed by atoms with Crippen molar-refractivity contribution >= 4 is 51.9 Å². The van der Waals surface area contributed by atoms with Gasteiger partial charge in [-0.2, -0.15) is 0 Å². The van der Waals surface area contributed by atoms with Gasteiger partial charge in [-0.1, -0.05) is 12.1 Å². The molecule has 0 spiro atoms. The molecule has 0 bridgehead atoms. The Bertz CT molecular complexity index is 671. The lowest BCUT2D eigenvalue weighted by Crippen LogP contribution is -2.11. The lowest BCUT2D eigenvalue weighted by molar-refractivity contribution is -0.137. The SMILES string of the molecule is COC(=O)CSCc1ccc(NC(=O)c2ccc(I)cc2)cc1. The second-order valence-electron chi connectivity index (χ2n) is 4.73. The molecule has 0 aliphatic heterocycles. The average molecular weight is 441 g/mol. The van der Waals surface area contributed by atoms with Crippen LogP contribution < -0.4 is 5.32 Å². The molecular weight excluding hydrogens is 425 g/mol. The van der Waals surface area contributed by atoms with E-state index in [1.807, 2.05) is 36.4 Å². The topological polar surface area (TPSA) is 55.4 Å². The summed E-state index contributed by atoms with van der Waals surface area (Å²) in [5.74, 6) is 0.702. The van der Waals surface area contributed by atoms with Crippen molar-refractivity contribution in [3.8, 4) is 0 Å². The third kappa shape index (κ3) is 5.87. The zero-order valence-electron chi connectivity index (χ0n) is 12.5. The van der Waals surface area contributed by atoms with Crippen molar-refractivity contribution < 1.29 is 14.3 Å². The highest BCUT2D eigenvalue weighted by Gasteiger charge is 2.06. The molecule has 4 nitrogen and oxygen atoms in total. The molecule has 0 unspecified atom stereocenters. The van der Waals surface area contributed by atoms with Gasteiger partial charge >= 0.3 is 5.97 Å². The van der Waals surface area contributed by atoms with Crippen LogP contribution in [-0.2, 0) is 15.3 Å². The summed E-state index contributed by atoms with van der Waals surface area (Å²) < 4.78 is 5.68. The van der Waals surface area contributed by atoms with Crippen molar-refractivity contribution in [1.82, 2.24) is 0 Å². The van der Waals surface area contributed by atoms with Crippen molar-refractivity contribution in [2.45, 2.75) is 5.75 Å². The van der Waals surface area contributed by atoms with E-state index < -0.39 is 0 Å². The third-order valence-corrected chi connectivity index (χ3v) is 4.73. The lowest BCUT2D eigenvalue weighted by atomic mass is 10.2. The molecule has 0 saturated heterocycles. The van der Waals surface area contributed by atoms with E-state index in [0.717, 1.165) is 20.6 Å². The monoisotopic (exact) mass is 441 g/mol. The van der Waals surface area contributed by atoms with E-state index in [0.29, 0.717) is 11.3 Å². The molecule has 0 atom stereocenters. The Morgan fingerprint density at radius 1 is 1.09 bits per heavy atom. The Labute approximate surface area is 153 Å². The average Bonchev–Trinajstić information content (AvgIpc) is 2.56. The highest BCUT2D eigenvalue weighted by molar-refractivity contribution is 14.1. The number of amides is 1. The van der Waals surface area contributed by atoms with Crippen LogP contribution in [0.2, 0.25) is 0 Å². The number of carbonyl (C=O) groups is 2. The number of nitrogens with one attached hydrogen (secondary N) is 1. The number of benzene rings is 2. The van der Waals surface area contributed by atoms with Crippen molar-refractivity contribution in [2.75, 3.05) is 18.2 Å². The summed E-state index contributed by atoms with van der Waals surface area (Å²) in [5, 5.41) is 2.87. The first-order chi connectivity index (χ1) is 11.1. The highest BCUT2D eigenvalue weighted by Crippen LogP contribution is 2.16. The van der Waals surface area contributed by atoms with E-state index in [1.54, 1.807) is 12.1 Å². The second kappa shape index (κ2) is 8.93. The first-order valence-corrected chi connectivity index (χ1v) is 9.12. The van der Waals surface area contributed by atoms with Gasteiger partial charge in [0.25, 0.3) is 5.91 Å². The molecule has 0 aromatic heterocycles. The van der Waals surface area contributed by atoms with Gasteiger partial charge in [0.1, 0.15) is 0 Å². The van der Waals surface area contributed by atoms with Crippen LogP contribution in [0.15, 0.2) is 48.5 Å². The van der Waals surface area contributed by atoms with Crippen LogP contribution in [0, 0.1) is 3.57 Å². The number of methoxy groups -OCH3 is 1. The molecule has 0 fully saturated rings. The number of carbonyl (C=O) groups excluding carboxylic acids is 2. The molecule has 0 aliphatic rings. The quantitative estimate of drug-likeness (QED) is 0.545. The van der Waals surface area contributed by atoms with E-state index in [9.17, 15) is 9.59 Å². The fourth-order valence-electron chi connectivity index (χ4n) is 1.80. The maximum Gasteiger partial charge on any atom is 0.315 e. The number of rotatable bonds is 6. The zero-order valence-corrected chi connectivity index (χ0v) is 15.5. The van der Waals surface area contributed by atoms with E-state index in [2.05, 4.69) is 32.6 Å². The Balaban J connectivity index is 1.88. The van der Waals surface area contributed by atoms with Gasteiger partial charge in [0.15, 0.2) is 0 Å². The molecular formula is C17H16INO3S. The van der Waals surface area contributed by atoms with Gasteiger partial charge in [-0.25, -0.2) is 0 Å². The van der Waals surface area contributed by atoms with Gasteiger partial charge in [0.2, 0.25) is 0 Å². The summed E-state index contributed by atoms with van der Waals surface area (Å²) in [5.41, 5.74) is 2.46. The van der Waals surface area contributed by atoms with Crippen LogP contribution >= 0.6 is 34.4 Å². The molecule has 1 N–H and O–H groups in total. The van der Waals surface area contributed by atoms with Crippen molar-refractivity contribution in [1.29, 1.82) is 0 Å². The predicted molar refractivity (Wildman–Crippen MR) is 102 cm³/mol. The Morgan fingerprint density at radius 2 is 1.74 bits per heavy atom. The Hall–Kier alpha value is -1.54. The highest BCUT2D eigenvalue weighted by atomic mass is 127. The zero-order chi connectivity index (χ0) is 16.7. The van der Waals surface area contributed by atoms with Gasteiger partial charge in [0, 0.05) is 20.6 Å². The summed E-state index contributed by atoms with van der Waals surface area (Å²) >= 11 is 3.70. The minimum Gasteiger partial charge on any atom is -0.468 e. The molecule has 2 rings (SSSR count). The number of esters is 1. The lowest BCUT2D eigenvalue weighted by Gasteiger charge is -2.07. The molecule has 0 radical (unpaired) electrons. The van der Waals surface area contributed by atoms with Crippen LogP contribution in [0.1, 0.15) is 15.9 Å². The predicted octanol–water partition coefficient (Wildman–Crippen LogP) is 3.95. The van der Waals surface area contributed by atoms with Crippen molar-refractivity contribution in [3.05, 3.63) is 63.2 Å². The van der Waals surface area contributed by atoms with E-state index in [1.165, 1.54) is 18.9 Å². The number of hydrogen-bond acceptors (Lipinski definition) is 4. The maximum atomic E-state index is 12.1. The van der Waals surface area contributed by atoms with Crippen LogP contribution in [0.5, 0.6) is 0 Å². The van der Waals surface area contributed by atoms with Crippen LogP contribution in [0.4, 0.5) is 5.69 Å². The van der Waals surface area contributed by atoms with E-state index >= 15 is 0 Å². The number of anilines is 1. The largest absolute Gasteiger partial charge is 0.468 e. The fraction of sp³-hybridized carbons (Fsp3) is 0.176. The van der Waals surface area contributed by atoms with Gasteiger partial charge in [-0.3, -0.25) is 9.59 Å². The summed E-state index contributed by atoms with van der Waals surface area (Å²) in [7, 11) is 1.38. The van der Waals surface area contributed by atoms with E-state index in [-0.39, 0.29) is 11.9 Å². The van der Waals surface area contributed by atoms with Crippen LogP contribution in [0.25, 0.3) is 0 Å². The van der Waals surface area contributed by atoms with Crippen LogP contribution in [-0.4, -0.2) is 24.7 Å². The Morgan fingerprint density at radius 3 is 2.35 bits per heavy atom. The van der Waals surface area contributed by atoms with Gasteiger partial charge < -0.3 is 10.1 Å². The fourth-order valence-corrected chi connectivity index (χ4v) is 2.97. The minimum absolute atomic E-state index is 0.130. The number of hydrogen-bond donors (Lipinski definition) is 1. The molecule has 0 aliphatic carbocycles. The first kappa shape index (κ1) is 17.8. The summed E-state index contributed by atoms with van der Waals surface area (Å²) in [4.78, 5) is 23.2. The van der Waals surface area contributed by atoms with Crippen molar-refractivity contribution in [2.24, 2.45) is 0 Å². The normalized spacial score (nSPS) is 10.2. The molecule has 0 heterocycles. The summed E-state index contributed by atoms with van der Waals surface area (Å²) in [6.45, 7) is 0. The molecule has 0 saturated carbocycles. The maximum absolute atomic E-state index is 12.1. The molecule has 1 amide bonds. The standard InChI is InChI=1S/C17H16INO3S/c1-22-16(20)11-23-10-12-2-8-15(9-3-12)19-17(21)13-4-6-14(18)7-5-13/h2-9H,10-11H2,1H3,(H,19,21). The molecule has 2 aromatic rings. The van der Waals surface area contributed by atoms with Gasteiger partial charge in [-0.15, -0.1) is 11.8 Å². The molecule has 23 heavy (non-hydrogen) atoms. The minimum atomic E-state index is -0.226. The smallest absolute Gasteiger partial charge is 0.315 e. The first-order valence-electron chi connectivity index (χ1n) is 6.89. The number of ether oxygens (including phenoxy) is 1. The van der Waals surface area contributed by atoms with E-state index in [4.69, 9.17) is 0 Å². The van der Waals surface area contributed by atoms with Gasteiger partial charge in [-0.05, 0) is 64.6 Å². The molecule has 6 heteroatoms. The number of halogens is 1. The third-order valence-electron chi connectivity index (χ3n) is 3.03. The summed E-state index contributed by atoms with van der Waals surface area (Å²) in [6.07, 6.45) is 0. The number of thioether (sulfide) groups is 1. The molecule has 2 aromatic carbocycles. The van der Waals surface area contributed by atoms with Crippen molar-refractivity contribution in [3.63, 3.8) is 0 Å². The van der Waals surface area contributed by atoms with Crippen LogP contribution in [0.3, 0.4) is 0 Å². The molecule has 120 valence electrons.